The zero-order valence-corrected chi connectivity index (χ0v) is 19.9. The molecule has 1 aliphatic heterocycles. The summed E-state index contributed by atoms with van der Waals surface area (Å²) in [5.41, 5.74) is -0.0339. The van der Waals surface area contributed by atoms with Crippen LogP contribution < -0.4 is 0 Å². The first-order chi connectivity index (χ1) is 14.2. The molecule has 2 aromatic heterocycles. The first-order valence-electron chi connectivity index (χ1n) is 11.0. The molecule has 2 aromatic rings. The summed E-state index contributed by atoms with van der Waals surface area (Å²) in [5.74, 6) is -0.336. The van der Waals surface area contributed by atoms with Crippen molar-refractivity contribution in [1.82, 2.24) is 9.55 Å². The summed E-state index contributed by atoms with van der Waals surface area (Å²) in [5, 5.41) is 0.633. The fourth-order valence-electron chi connectivity index (χ4n) is 3.78. The van der Waals surface area contributed by atoms with Crippen molar-refractivity contribution in [2.24, 2.45) is 0 Å². The fourth-order valence-corrected chi connectivity index (χ4v) is 3.78. The molecule has 170 valence electrons. The summed E-state index contributed by atoms with van der Waals surface area (Å²) in [4.78, 5) is 16.8. The lowest BCUT2D eigenvalue weighted by Crippen LogP contribution is -2.41. The topological polar surface area (TPSA) is 62.6 Å². The number of carbonyl (C=O) groups is 1. The maximum atomic E-state index is 13.9. The van der Waals surface area contributed by atoms with E-state index in [1.54, 1.807) is 6.20 Å². The molecule has 0 spiro atoms. The van der Waals surface area contributed by atoms with Gasteiger partial charge in [0.2, 0.25) is 0 Å². The van der Waals surface area contributed by atoms with E-state index < -0.39 is 17.5 Å². The number of aromatic nitrogens is 2. The number of hydrogen-bond acceptors (Lipinski definition) is 5. The highest BCUT2D eigenvalue weighted by atomic mass is 19.1. The molecule has 1 atom stereocenters. The molecule has 3 rings (SSSR count). The van der Waals surface area contributed by atoms with Gasteiger partial charge in [0.25, 0.3) is 0 Å². The quantitative estimate of drug-likeness (QED) is 0.548. The molecule has 0 aliphatic carbocycles. The fraction of sp³-hybridized carbons (Fsp3) is 0.652. The molecule has 1 unspecified atom stereocenters. The third-order valence-corrected chi connectivity index (χ3v) is 6.14. The number of carbonyl (C=O) groups excluding carboxylic acids is 1. The van der Waals surface area contributed by atoms with Crippen LogP contribution in [0.5, 0.6) is 0 Å². The van der Waals surface area contributed by atoms with Gasteiger partial charge in [0.05, 0.1) is 17.4 Å². The molecule has 0 saturated carbocycles. The third kappa shape index (κ3) is 5.12. The van der Waals surface area contributed by atoms with Crippen molar-refractivity contribution in [3.63, 3.8) is 0 Å². The molecule has 8 heteroatoms. The molecule has 0 aromatic carbocycles. The minimum Gasteiger partial charge on any atom is -0.443 e. The first-order valence-corrected chi connectivity index (χ1v) is 11.0. The Morgan fingerprint density at radius 2 is 1.87 bits per heavy atom. The third-order valence-electron chi connectivity index (χ3n) is 6.14. The van der Waals surface area contributed by atoms with E-state index in [0.29, 0.717) is 11.0 Å². The Hall–Kier alpha value is -1.93. The molecular weight excluding hydrogens is 398 g/mol. The molecule has 1 saturated heterocycles. The molecule has 0 N–H and O–H groups in total. The standard InChI is InChI=1S/C23H34BFN2O4/c1-15(10-9-11-24-30-22(5,6)23(7,8)31-24)18-14-27(20(28)29-21(2,3)4)19-17(18)12-16(25)13-26-19/h12-15H,9-11H2,1-8H3. The van der Waals surface area contributed by atoms with Crippen molar-refractivity contribution >= 4 is 24.2 Å². The highest BCUT2D eigenvalue weighted by Crippen LogP contribution is 2.39. The van der Waals surface area contributed by atoms with Crippen molar-refractivity contribution in [2.75, 3.05) is 0 Å². The second-order valence-corrected chi connectivity index (χ2v) is 10.5. The Kier molecular flexibility index (Phi) is 6.28. The van der Waals surface area contributed by atoms with Crippen LogP contribution in [0.1, 0.15) is 79.7 Å². The Bertz CT molecular complexity index is 948. The summed E-state index contributed by atoms with van der Waals surface area (Å²) >= 11 is 0. The van der Waals surface area contributed by atoms with Gasteiger partial charge in [-0.25, -0.2) is 18.7 Å². The average molecular weight is 432 g/mol. The lowest BCUT2D eigenvalue weighted by Gasteiger charge is -2.32. The van der Waals surface area contributed by atoms with Crippen LogP contribution in [0.4, 0.5) is 9.18 Å². The van der Waals surface area contributed by atoms with Crippen LogP contribution in [0.3, 0.4) is 0 Å². The molecule has 0 amide bonds. The predicted octanol–water partition coefficient (Wildman–Crippen LogP) is 5.93. The SMILES string of the molecule is CC(CCCB1OC(C)(C)C(C)(C)O1)c1cn(C(=O)OC(C)(C)C)c2ncc(F)cc12. The second kappa shape index (κ2) is 8.21. The van der Waals surface area contributed by atoms with Crippen LogP contribution >= 0.6 is 0 Å². The lowest BCUT2D eigenvalue weighted by molar-refractivity contribution is 0.00578. The van der Waals surface area contributed by atoms with E-state index in [1.165, 1.54) is 10.6 Å². The predicted molar refractivity (Wildman–Crippen MR) is 120 cm³/mol. The number of halogens is 1. The maximum Gasteiger partial charge on any atom is 0.457 e. The summed E-state index contributed by atoms with van der Waals surface area (Å²) in [6.45, 7) is 15.7. The number of fused-ring (bicyclic) bond motifs is 1. The number of pyridine rings is 1. The molecule has 1 fully saturated rings. The van der Waals surface area contributed by atoms with Gasteiger partial charge in [0.15, 0.2) is 0 Å². The van der Waals surface area contributed by atoms with Crippen molar-refractivity contribution < 1.29 is 23.2 Å². The van der Waals surface area contributed by atoms with Gasteiger partial charge in [-0.1, -0.05) is 13.3 Å². The van der Waals surface area contributed by atoms with Crippen molar-refractivity contribution in [3.8, 4) is 0 Å². The summed E-state index contributed by atoms with van der Waals surface area (Å²) in [6, 6.07) is 1.43. The number of hydrogen-bond donors (Lipinski definition) is 0. The maximum absolute atomic E-state index is 13.9. The van der Waals surface area contributed by atoms with Crippen LogP contribution in [-0.4, -0.2) is 39.6 Å². The van der Waals surface area contributed by atoms with Crippen molar-refractivity contribution in [3.05, 3.63) is 29.8 Å². The smallest absolute Gasteiger partial charge is 0.443 e. The second-order valence-electron chi connectivity index (χ2n) is 10.5. The average Bonchev–Trinajstić information content (AvgIpc) is 3.07. The van der Waals surface area contributed by atoms with Crippen LogP contribution in [0.25, 0.3) is 11.0 Å². The monoisotopic (exact) mass is 432 g/mol. The normalized spacial score (nSPS) is 19.1. The zero-order chi connectivity index (χ0) is 23.2. The summed E-state index contributed by atoms with van der Waals surface area (Å²) < 4.78 is 33.0. The highest BCUT2D eigenvalue weighted by molar-refractivity contribution is 6.45. The summed E-state index contributed by atoms with van der Waals surface area (Å²) in [6.07, 6.45) is 4.82. The van der Waals surface area contributed by atoms with E-state index in [2.05, 4.69) is 11.9 Å². The van der Waals surface area contributed by atoms with E-state index in [4.69, 9.17) is 14.0 Å². The van der Waals surface area contributed by atoms with Gasteiger partial charge in [-0.05, 0) is 78.8 Å². The van der Waals surface area contributed by atoms with E-state index in [-0.39, 0.29) is 24.2 Å². The van der Waals surface area contributed by atoms with E-state index in [0.717, 1.165) is 30.9 Å². The molecule has 6 nitrogen and oxygen atoms in total. The first kappa shape index (κ1) is 23.7. The Morgan fingerprint density at radius 1 is 1.26 bits per heavy atom. The van der Waals surface area contributed by atoms with Gasteiger partial charge in [-0.15, -0.1) is 0 Å². The highest BCUT2D eigenvalue weighted by Gasteiger charge is 2.50. The molecule has 0 bridgehead atoms. The minimum atomic E-state index is -0.637. The van der Waals surface area contributed by atoms with Crippen LogP contribution in [0.2, 0.25) is 6.32 Å². The van der Waals surface area contributed by atoms with Gasteiger partial charge < -0.3 is 14.0 Å². The Labute approximate surface area is 184 Å². The molecule has 31 heavy (non-hydrogen) atoms. The Morgan fingerprint density at radius 3 is 2.45 bits per heavy atom. The van der Waals surface area contributed by atoms with Crippen LogP contribution in [-0.2, 0) is 14.0 Å². The lowest BCUT2D eigenvalue weighted by atomic mass is 9.80. The largest absolute Gasteiger partial charge is 0.457 e. The zero-order valence-electron chi connectivity index (χ0n) is 19.9. The van der Waals surface area contributed by atoms with Gasteiger partial charge in [-0.3, -0.25) is 0 Å². The minimum absolute atomic E-state index is 0.0946. The van der Waals surface area contributed by atoms with Crippen molar-refractivity contribution in [1.29, 1.82) is 0 Å². The van der Waals surface area contributed by atoms with Gasteiger partial charge in [0, 0.05) is 11.6 Å². The van der Waals surface area contributed by atoms with Gasteiger partial charge in [-0.2, -0.15) is 0 Å². The molecule has 0 radical (unpaired) electrons. The van der Waals surface area contributed by atoms with Crippen LogP contribution in [0.15, 0.2) is 18.5 Å². The summed E-state index contributed by atoms with van der Waals surface area (Å²) in [7, 11) is -0.237. The van der Waals surface area contributed by atoms with E-state index in [1.807, 2.05) is 48.5 Å². The van der Waals surface area contributed by atoms with E-state index >= 15 is 0 Å². The van der Waals surface area contributed by atoms with Gasteiger partial charge >= 0.3 is 13.2 Å². The number of nitrogens with zero attached hydrogens (tertiary/aromatic N) is 2. The van der Waals surface area contributed by atoms with E-state index in [9.17, 15) is 9.18 Å². The van der Waals surface area contributed by atoms with Crippen LogP contribution in [0, 0.1) is 5.82 Å². The molecular formula is C23H34BFN2O4. The van der Waals surface area contributed by atoms with Gasteiger partial charge in [0.1, 0.15) is 17.1 Å². The van der Waals surface area contributed by atoms with Crippen molar-refractivity contribution in [2.45, 2.75) is 97.3 Å². The number of rotatable bonds is 5. The molecule has 3 heterocycles. The number of ether oxygens (including phenoxy) is 1. The molecule has 1 aliphatic rings. The Balaban J connectivity index is 1.74.